The lowest BCUT2D eigenvalue weighted by molar-refractivity contribution is 0.222. The van der Waals surface area contributed by atoms with Crippen LogP contribution in [0.2, 0.25) is 0 Å². The van der Waals surface area contributed by atoms with Crippen molar-refractivity contribution in [3.63, 3.8) is 0 Å². The molecule has 0 fully saturated rings. The largest absolute Gasteiger partial charge is 0.497 e. The molecule has 0 saturated carbocycles. The van der Waals surface area contributed by atoms with Gasteiger partial charge in [0.15, 0.2) is 0 Å². The van der Waals surface area contributed by atoms with Crippen molar-refractivity contribution in [1.29, 1.82) is 0 Å². The van der Waals surface area contributed by atoms with Gasteiger partial charge in [-0.1, -0.05) is 12.1 Å². The van der Waals surface area contributed by atoms with Crippen LogP contribution in [-0.2, 0) is 0 Å². The van der Waals surface area contributed by atoms with Crippen LogP contribution in [0.3, 0.4) is 0 Å². The topological polar surface area (TPSA) is 29.5 Å². The lowest BCUT2D eigenvalue weighted by Gasteiger charge is -2.07. The fraction of sp³-hybridized carbons (Fsp3) is 0.400. The number of rotatable bonds is 4. The molecule has 0 bridgehead atoms. The molecule has 1 atom stereocenters. The van der Waals surface area contributed by atoms with Gasteiger partial charge in [-0.2, -0.15) is 0 Å². The second-order valence-corrected chi connectivity index (χ2v) is 2.76. The third-order valence-electron chi connectivity index (χ3n) is 1.84. The summed E-state index contributed by atoms with van der Waals surface area (Å²) in [6.45, 7) is -0.140. The molecule has 0 aliphatic rings. The van der Waals surface area contributed by atoms with Crippen LogP contribution in [0.1, 0.15) is 18.2 Å². The third-order valence-corrected chi connectivity index (χ3v) is 1.84. The highest BCUT2D eigenvalue weighted by Gasteiger charge is 2.08. The lowest BCUT2D eigenvalue weighted by Crippen LogP contribution is -1.95. The van der Waals surface area contributed by atoms with E-state index >= 15 is 0 Å². The fourth-order valence-electron chi connectivity index (χ4n) is 1.12. The number of aliphatic hydroxyl groups excluding tert-OH is 1. The van der Waals surface area contributed by atoms with Crippen molar-refractivity contribution in [3.8, 4) is 5.75 Å². The van der Waals surface area contributed by atoms with E-state index in [9.17, 15) is 4.39 Å². The van der Waals surface area contributed by atoms with Gasteiger partial charge >= 0.3 is 0 Å². The van der Waals surface area contributed by atoms with E-state index in [1.807, 2.05) is 0 Å². The molecular formula is C10H13FO2. The van der Waals surface area contributed by atoms with E-state index in [0.717, 1.165) is 0 Å². The number of hydrogen-bond acceptors (Lipinski definition) is 2. The first-order valence-electron chi connectivity index (χ1n) is 4.17. The van der Waals surface area contributed by atoms with Gasteiger partial charge in [0.05, 0.1) is 7.11 Å². The maximum atomic E-state index is 13.2. The monoisotopic (exact) mass is 184 g/mol. The molecule has 0 aromatic heterocycles. The highest BCUT2D eigenvalue weighted by molar-refractivity contribution is 5.29. The van der Waals surface area contributed by atoms with E-state index < -0.39 is 6.17 Å². The molecule has 0 radical (unpaired) electrons. The summed E-state index contributed by atoms with van der Waals surface area (Å²) in [5.74, 6) is 0.637. The minimum Gasteiger partial charge on any atom is -0.497 e. The van der Waals surface area contributed by atoms with Crippen LogP contribution in [0.4, 0.5) is 4.39 Å². The summed E-state index contributed by atoms with van der Waals surface area (Å²) in [4.78, 5) is 0. The van der Waals surface area contributed by atoms with Crippen LogP contribution >= 0.6 is 0 Å². The first-order chi connectivity index (χ1) is 6.27. The SMILES string of the molecule is COc1cccc(C(F)CCO)c1. The van der Waals surface area contributed by atoms with Gasteiger partial charge in [0.2, 0.25) is 0 Å². The summed E-state index contributed by atoms with van der Waals surface area (Å²) >= 11 is 0. The van der Waals surface area contributed by atoms with Crippen LogP contribution in [0.15, 0.2) is 24.3 Å². The molecule has 3 heteroatoms. The average molecular weight is 184 g/mol. The first-order valence-corrected chi connectivity index (χ1v) is 4.17. The summed E-state index contributed by atoms with van der Waals surface area (Å²) < 4.78 is 18.2. The number of benzene rings is 1. The molecule has 1 aromatic rings. The van der Waals surface area contributed by atoms with Crippen LogP contribution < -0.4 is 4.74 Å². The fourth-order valence-corrected chi connectivity index (χ4v) is 1.12. The Hall–Kier alpha value is -1.09. The van der Waals surface area contributed by atoms with Crippen LogP contribution in [0.5, 0.6) is 5.75 Å². The quantitative estimate of drug-likeness (QED) is 0.776. The second kappa shape index (κ2) is 4.82. The van der Waals surface area contributed by atoms with Crippen molar-refractivity contribution in [3.05, 3.63) is 29.8 Å². The van der Waals surface area contributed by atoms with Gasteiger partial charge < -0.3 is 9.84 Å². The van der Waals surface area contributed by atoms with E-state index in [2.05, 4.69) is 0 Å². The van der Waals surface area contributed by atoms with Gasteiger partial charge in [-0.3, -0.25) is 0 Å². The zero-order valence-corrected chi connectivity index (χ0v) is 7.53. The van der Waals surface area contributed by atoms with E-state index in [1.54, 1.807) is 31.4 Å². The Labute approximate surface area is 77.0 Å². The van der Waals surface area contributed by atoms with Gasteiger partial charge in [0.1, 0.15) is 11.9 Å². The molecule has 0 saturated heterocycles. The summed E-state index contributed by atoms with van der Waals surface area (Å²) in [6.07, 6.45) is -0.979. The Morgan fingerprint density at radius 1 is 1.54 bits per heavy atom. The molecule has 0 aliphatic carbocycles. The molecular weight excluding hydrogens is 171 g/mol. The van der Waals surface area contributed by atoms with Gasteiger partial charge in [-0.05, 0) is 17.7 Å². The Morgan fingerprint density at radius 2 is 2.31 bits per heavy atom. The van der Waals surface area contributed by atoms with Crippen molar-refractivity contribution in [2.45, 2.75) is 12.6 Å². The molecule has 72 valence electrons. The highest BCUT2D eigenvalue weighted by Crippen LogP contribution is 2.24. The number of aliphatic hydroxyl groups is 1. The number of ether oxygens (including phenoxy) is 1. The lowest BCUT2D eigenvalue weighted by atomic mass is 10.1. The zero-order chi connectivity index (χ0) is 9.68. The van der Waals surface area contributed by atoms with Crippen molar-refractivity contribution in [1.82, 2.24) is 0 Å². The Balaban J connectivity index is 2.75. The van der Waals surface area contributed by atoms with Crippen molar-refractivity contribution in [2.75, 3.05) is 13.7 Å². The number of methoxy groups -OCH3 is 1. The summed E-state index contributed by atoms with van der Waals surface area (Å²) in [7, 11) is 1.54. The van der Waals surface area contributed by atoms with E-state index in [1.165, 1.54) is 0 Å². The maximum Gasteiger partial charge on any atom is 0.127 e. The standard InChI is InChI=1S/C10H13FO2/c1-13-9-4-2-3-8(7-9)10(11)5-6-12/h2-4,7,10,12H,5-6H2,1H3. The normalized spacial score (nSPS) is 12.5. The summed E-state index contributed by atoms with van der Waals surface area (Å²) in [6, 6.07) is 6.82. The van der Waals surface area contributed by atoms with Crippen LogP contribution in [0, 0.1) is 0 Å². The predicted octanol–water partition coefficient (Wildman–Crippen LogP) is 2.09. The van der Waals surface area contributed by atoms with Crippen molar-refractivity contribution in [2.24, 2.45) is 0 Å². The van der Waals surface area contributed by atoms with Crippen LogP contribution in [0.25, 0.3) is 0 Å². The minimum atomic E-state index is -1.11. The predicted molar refractivity (Wildman–Crippen MR) is 48.5 cm³/mol. The van der Waals surface area contributed by atoms with E-state index in [4.69, 9.17) is 9.84 Å². The maximum absolute atomic E-state index is 13.2. The Kier molecular flexibility index (Phi) is 3.71. The molecule has 0 aliphatic heterocycles. The molecule has 0 spiro atoms. The number of halogens is 1. The number of alkyl halides is 1. The molecule has 1 aromatic carbocycles. The summed E-state index contributed by atoms with van der Waals surface area (Å²) in [5, 5.41) is 8.55. The molecule has 13 heavy (non-hydrogen) atoms. The third kappa shape index (κ3) is 2.70. The average Bonchev–Trinajstić information content (AvgIpc) is 2.18. The highest BCUT2D eigenvalue weighted by atomic mass is 19.1. The molecule has 1 N–H and O–H groups in total. The second-order valence-electron chi connectivity index (χ2n) is 2.76. The molecule has 1 rings (SSSR count). The van der Waals surface area contributed by atoms with Crippen molar-refractivity contribution < 1.29 is 14.2 Å². The van der Waals surface area contributed by atoms with Gasteiger partial charge in [-0.25, -0.2) is 4.39 Å². The molecule has 0 heterocycles. The van der Waals surface area contributed by atoms with Crippen molar-refractivity contribution >= 4 is 0 Å². The van der Waals surface area contributed by atoms with Gasteiger partial charge in [0, 0.05) is 13.0 Å². The number of hydrogen-bond donors (Lipinski definition) is 1. The molecule has 2 nitrogen and oxygen atoms in total. The van der Waals surface area contributed by atoms with Gasteiger partial charge in [0.25, 0.3) is 0 Å². The smallest absolute Gasteiger partial charge is 0.127 e. The van der Waals surface area contributed by atoms with E-state index in [0.29, 0.717) is 11.3 Å². The Morgan fingerprint density at radius 3 is 2.92 bits per heavy atom. The Bertz CT molecular complexity index is 263. The zero-order valence-electron chi connectivity index (χ0n) is 7.53. The molecule has 1 unspecified atom stereocenters. The van der Waals surface area contributed by atoms with Gasteiger partial charge in [-0.15, -0.1) is 0 Å². The first kappa shape index (κ1) is 9.99. The minimum absolute atomic E-state index is 0.132. The molecule has 0 amide bonds. The van der Waals surface area contributed by atoms with E-state index in [-0.39, 0.29) is 13.0 Å². The van der Waals surface area contributed by atoms with Crippen LogP contribution in [-0.4, -0.2) is 18.8 Å². The summed E-state index contributed by atoms with van der Waals surface area (Å²) in [5.41, 5.74) is 0.549.